The van der Waals surface area contributed by atoms with E-state index in [1.807, 2.05) is 18.2 Å². The number of hydrogen-bond acceptors (Lipinski definition) is 1. The Morgan fingerprint density at radius 2 is 2.07 bits per heavy atom. The first-order chi connectivity index (χ1) is 6.68. The summed E-state index contributed by atoms with van der Waals surface area (Å²) < 4.78 is 2.08. The molecule has 74 valence electrons. The predicted octanol–water partition coefficient (Wildman–Crippen LogP) is 4.05. The monoisotopic (exact) mass is 316 g/mol. The van der Waals surface area contributed by atoms with Crippen LogP contribution in [0.4, 0.5) is 0 Å². The second-order valence-corrected chi connectivity index (χ2v) is 5.35. The van der Waals surface area contributed by atoms with E-state index in [0.717, 1.165) is 33.8 Å². The van der Waals surface area contributed by atoms with E-state index in [1.165, 1.54) is 0 Å². The van der Waals surface area contributed by atoms with E-state index >= 15 is 0 Å². The van der Waals surface area contributed by atoms with E-state index in [2.05, 4.69) is 31.9 Å². The smallest absolute Gasteiger partial charge is 0.140 e. The molecule has 14 heavy (non-hydrogen) atoms. The van der Waals surface area contributed by atoms with Gasteiger partial charge in [0.1, 0.15) is 5.78 Å². The largest absolute Gasteiger partial charge is 0.299 e. The highest BCUT2D eigenvalue weighted by Gasteiger charge is 2.27. The molecule has 0 aromatic heterocycles. The van der Waals surface area contributed by atoms with Gasteiger partial charge in [-0.05, 0) is 36.6 Å². The zero-order valence-electron chi connectivity index (χ0n) is 7.59. The second-order valence-electron chi connectivity index (χ2n) is 3.58. The maximum Gasteiger partial charge on any atom is 0.140 e. The number of rotatable bonds is 1. The summed E-state index contributed by atoms with van der Waals surface area (Å²) in [5.74, 6) is 0.491. The molecule has 1 aliphatic rings. The topological polar surface area (TPSA) is 17.1 Å². The Morgan fingerprint density at radius 1 is 1.29 bits per heavy atom. The molecule has 1 aromatic carbocycles. The molecular weight excluding hydrogens is 308 g/mol. The van der Waals surface area contributed by atoms with Gasteiger partial charge in [-0.2, -0.15) is 0 Å². The molecule has 1 fully saturated rings. The fraction of sp³-hybridized carbons (Fsp3) is 0.364. The summed E-state index contributed by atoms with van der Waals surface area (Å²) in [7, 11) is 0. The number of halogens is 2. The number of ketones is 1. The first-order valence-corrected chi connectivity index (χ1v) is 6.25. The van der Waals surface area contributed by atoms with E-state index < -0.39 is 0 Å². The standard InChI is InChI=1S/C11H10Br2O/c12-7-4-5-10(13)9(6-7)8-2-1-3-11(8)14/h4-6,8H,1-3H2. The molecule has 0 aliphatic heterocycles. The minimum Gasteiger partial charge on any atom is -0.299 e. The van der Waals surface area contributed by atoms with Gasteiger partial charge in [-0.1, -0.05) is 31.9 Å². The lowest BCUT2D eigenvalue weighted by molar-refractivity contribution is -0.118. The molecule has 0 amide bonds. The van der Waals surface area contributed by atoms with Crippen LogP contribution >= 0.6 is 31.9 Å². The van der Waals surface area contributed by atoms with E-state index in [0.29, 0.717) is 5.78 Å². The van der Waals surface area contributed by atoms with Crippen LogP contribution in [0.5, 0.6) is 0 Å². The SMILES string of the molecule is O=C1CCCC1c1cc(Br)ccc1Br. The molecule has 1 saturated carbocycles. The molecular formula is C11H10Br2O. The van der Waals surface area contributed by atoms with Crippen LogP contribution in [-0.4, -0.2) is 5.78 Å². The summed E-state index contributed by atoms with van der Waals surface area (Å²) >= 11 is 6.93. The minimum absolute atomic E-state index is 0.113. The van der Waals surface area contributed by atoms with Gasteiger partial charge in [0.25, 0.3) is 0 Å². The van der Waals surface area contributed by atoms with E-state index in [-0.39, 0.29) is 5.92 Å². The molecule has 2 rings (SSSR count). The van der Waals surface area contributed by atoms with Gasteiger partial charge in [-0.3, -0.25) is 4.79 Å². The Balaban J connectivity index is 2.39. The molecule has 0 bridgehead atoms. The van der Waals surface area contributed by atoms with Crippen molar-refractivity contribution in [3.05, 3.63) is 32.7 Å². The molecule has 1 aromatic rings. The fourth-order valence-corrected chi connectivity index (χ4v) is 2.83. The van der Waals surface area contributed by atoms with Crippen LogP contribution in [0.15, 0.2) is 27.1 Å². The van der Waals surface area contributed by atoms with Gasteiger partial charge >= 0.3 is 0 Å². The van der Waals surface area contributed by atoms with E-state index in [9.17, 15) is 4.79 Å². The average molecular weight is 318 g/mol. The quantitative estimate of drug-likeness (QED) is 0.763. The molecule has 1 aliphatic carbocycles. The highest BCUT2D eigenvalue weighted by atomic mass is 79.9. The van der Waals surface area contributed by atoms with Gasteiger partial charge in [0.2, 0.25) is 0 Å². The summed E-state index contributed by atoms with van der Waals surface area (Å²) in [4.78, 5) is 11.6. The van der Waals surface area contributed by atoms with Crippen molar-refractivity contribution in [2.24, 2.45) is 0 Å². The van der Waals surface area contributed by atoms with Crippen LogP contribution in [0.1, 0.15) is 30.7 Å². The number of carbonyl (C=O) groups excluding carboxylic acids is 1. The predicted molar refractivity (Wildman–Crippen MR) is 63.4 cm³/mol. The molecule has 0 heterocycles. The highest BCUT2D eigenvalue weighted by molar-refractivity contribution is 9.11. The molecule has 0 saturated heterocycles. The van der Waals surface area contributed by atoms with Crippen LogP contribution in [-0.2, 0) is 4.79 Å². The molecule has 1 atom stereocenters. The van der Waals surface area contributed by atoms with Gasteiger partial charge in [0, 0.05) is 21.3 Å². The molecule has 1 nitrogen and oxygen atoms in total. The van der Waals surface area contributed by atoms with Gasteiger partial charge in [0.05, 0.1) is 0 Å². The highest BCUT2D eigenvalue weighted by Crippen LogP contribution is 2.36. The van der Waals surface area contributed by atoms with Crippen molar-refractivity contribution in [3.8, 4) is 0 Å². The van der Waals surface area contributed by atoms with Gasteiger partial charge < -0.3 is 0 Å². The molecule has 1 unspecified atom stereocenters. The third kappa shape index (κ3) is 1.94. The number of carbonyl (C=O) groups is 1. The minimum atomic E-state index is 0.113. The molecule has 0 spiro atoms. The van der Waals surface area contributed by atoms with Crippen molar-refractivity contribution in [1.82, 2.24) is 0 Å². The van der Waals surface area contributed by atoms with Crippen LogP contribution in [0.3, 0.4) is 0 Å². The molecule has 0 radical (unpaired) electrons. The number of hydrogen-bond donors (Lipinski definition) is 0. The lowest BCUT2D eigenvalue weighted by Crippen LogP contribution is -2.04. The van der Waals surface area contributed by atoms with Crippen molar-refractivity contribution < 1.29 is 4.79 Å². The third-order valence-corrected chi connectivity index (χ3v) is 3.85. The summed E-state index contributed by atoms with van der Waals surface area (Å²) in [6.07, 6.45) is 2.76. The van der Waals surface area contributed by atoms with Crippen molar-refractivity contribution in [2.45, 2.75) is 25.2 Å². The summed E-state index contributed by atoms with van der Waals surface area (Å²) in [6, 6.07) is 6.01. The number of benzene rings is 1. The molecule has 0 N–H and O–H groups in total. The summed E-state index contributed by atoms with van der Waals surface area (Å²) in [5, 5.41) is 0. The zero-order valence-corrected chi connectivity index (χ0v) is 10.8. The van der Waals surface area contributed by atoms with E-state index in [4.69, 9.17) is 0 Å². The van der Waals surface area contributed by atoms with E-state index in [1.54, 1.807) is 0 Å². The van der Waals surface area contributed by atoms with Gasteiger partial charge in [-0.25, -0.2) is 0 Å². The first-order valence-electron chi connectivity index (χ1n) is 4.66. The Hall–Kier alpha value is -0.150. The van der Waals surface area contributed by atoms with Crippen molar-refractivity contribution in [2.75, 3.05) is 0 Å². The number of Topliss-reactive ketones (excluding diaryl/α,β-unsaturated/α-hetero) is 1. The Morgan fingerprint density at radius 3 is 2.71 bits per heavy atom. The van der Waals surface area contributed by atoms with Gasteiger partial charge in [0.15, 0.2) is 0 Å². The summed E-state index contributed by atoms with van der Waals surface area (Å²) in [6.45, 7) is 0. The fourth-order valence-electron chi connectivity index (χ4n) is 1.93. The maximum absolute atomic E-state index is 11.6. The van der Waals surface area contributed by atoms with Crippen LogP contribution in [0.2, 0.25) is 0 Å². The Labute approximate surface area is 100 Å². The van der Waals surface area contributed by atoms with Crippen LogP contribution in [0.25, 0.3) is 0 Å². The van der Waals surface area contributed by atoms with Crippen LogP contribution in [0, 0.1) is 0 Å². The zero-order chi connectivity index (χ0) is 10.1. The maximum atomic E-state index is 11.6. The second kappa shape index (κ2) is 4.15. The normalized spacial score (nSPS) is 21.6. The van der Waals surface area contributed by atoms with Crippen molar-refractivity contribution in [1.29, 1.82) is 0 Å². The lowest BCUT2D eigenvalue weighted by atomic mass is 9.97. The first kappa shape index (κ1) is 10.4. The molecule has 3 heteroatoms. The average Bonchev–Trinajstić information content (AvgIpc) is 2.56. The van der Waals surface area contributed by atoms with Gasteiger partial charge in [-0.15, -0.1) is 0 Å². The van der Waals surface area contributed by atoms with Crippen molar-refractivity contribution >= 4 is 37.6 Å². The Kier molecular flexibility index (Phi) is 3.07. The lowest BCUT2D eigenvalue weighted by Gasteiger charge is -2.10. The Bertz CT molecular complexity index is 374. The summed E-state index contributed by atoms with van der Waals surface area (Å²) in [5.41, 5.74) is 1.13. The third-order valence-electron chi connectivity index (χ3n) is 2.64. The van der Waals surface area contributed by atoms with Crippen LogP contribution < -0.4 is 0 Å². The van der Waals surface area contributed by atoms with Crippen molar-refractivity contribution in [3.63, 3.8) is 0 Å².